The van der Waals surface area contributed by atoms with E-state index in [9.17, 15) is 8.78 Å². The molecule has 14 heavy (non-hydrogen) atoms. The fourth-order valence-electron chi connectivity index (χ4n) is 0.874. The molecular formula is C10H9F2NO. The summed E-state index contributed by atoms with van der Waals surface area (Å²) in [5.41, 5.74) is 4.90. The first kappa shape index (κ1) is 10.3. The highest BCUT2D eigenvalue weighted by Gasteiger charge is 2.08. The van der Waals surface area contributed by atoms with Gasteiger partial charge in [-0.2, -0.15) is 0 Å². The molecule has 1 aromatic rings. The summed E-state index contributed by atoms with van der Waals surface area (Å²) in [6.45, 7) is 0.150. The third kappa shape index (κ3) is 2.36. The minimum absolute atomic E-state index is 0.150. The molecule has 0 spiro atoms. The van der Waals surface area contributed by atoms with Crippen molar-refractivity contribution in [3.05, 3.63) is 23.8 Å². The Bertz CT molecular complexity index is 371. The average molecular weight is 197 g/mol. The standard InChI is InChI=1S/C10H9F2NO/c1-2-3-4-14-10-6-7(11)9(13)5-8(10)12/h1,5-6H,3-4,13H2. The Morgan fingerprint density at radius 3 is 2.71 bits per heavy atom. The summed E-state index contributed by atoms with van der Waals surface area (Å²) in [6.07, 6.45) is 5.31. The van der Waals surface area contributed by atoms with E-state index in [4.69, 9.17) is 16.9 Å². The maximum absolute atomic E-state index is 13.0. The molecule has 0 bridgehead atoms. The molecular weight excluding hydrogens is 188 g/mol. The molecule has 0 aliphatic heterocycles. The van der Waals surface area contributed by atoms with Crippen molar-refractivity contribution in [1.29, 1.82) is 0 Å². The summed E-state index contributed by atoms with van der Waals surface area (Å²) in [4.78, 5) is 0. The number of rotatable bonds is 3. The second-order valence-electron chi connectivity index (χ2n) is 2.61. The molecule has 0 aromatic heterocycles. The van der Waals surface area contributed by atoms with Crippen LogP contribution in [-0.4, -0.2) is 6.61 Å². The van der Waals surface area contributed by atoms with Gasteiger partial charge >= 0.3 is 0 Å². The summed E-state index contributed by atoms with van der Waals surface area (Å²) < 4.78 is 30.8. The second kappa shape index (κ2) is 4.47. The van der Waals surface area contributed by atoms with Crippen molar-refractivity contribution in [3.8, 4) is 18.1 Å². The topological polar surface area (TPSA) is 35.2 Å². The SMILES string of the molecule is C#CCCOc1cc(F)c(N)cc1F. The zero-order valence-corrected chi connectivity index (χ0v) is 7.39. The van der Waals surface area contributed by atoms with Crippen LogP contribution in [0, 0.1) is 24.0 Å². The van der Waals surface area contributed by atoms with E-state index in [1.807, 2.05) is 0 Å². The van der Waals surface area contributed by atoms with Crippen LogP contribution in [0.1, 0.15) is 6.42 Å². The molecule has 1 rings (SSSR count). The summed E-state index contributed by atoms with van der Waals surface area (Å²) >= 11 is 0. The van der Waals surface area contributed by atoms with Crippen molar-refractivity contribution in [2.45, 2.75) is 6.42 Å². The molecule has 1 aromatic carbocycles. The van der Waals surface area contributed by atoms with Gasteiger partial charge in [0.25, 0.3) is 0 Å². The average Bonchev–Trinajstić information content (AvgIpc) is 2.14. The van der Waals surface area contributed by atoms with Gasteiger partial charge in [-0.15, -0.1) is 12.3 Å². The van der Waals surface area contributed by atoms with Crippen LogP contribution in [0.2, 0.25) is 0 Å². The predicted molar refractivity (Wildman–Crippen MR) is 49.7 cm³/mol. The van der Waals surface area contributed by atoms with E-state index in [1.54, 1.807) is 0 Å². The number of anilines is 1. The van der Waals surface area contributed by atoms with E-state index in [0.717, 1.165) is 12.1 Å². The fourth-order valence-corrected chi connectivity index (χ4v) is 0.874. The van der Waals surface area contributed by atoms with E-state index >= 15 is 0 Å². The van der Waals surface area contributed by atoms with E-state index in [1.165, 1.54) is 0 Å². The smallest absolute Gasteiger partial charge is 0.167 e. The van der Waals surface area contributed by atoms with Crippen molar-refractivity contribution >= 4 is 5.69 Å². The summed E-state index contributed by atoms with van der Waals surface area (Å²) in [6, 6.07) is 1.78. The van der Waals surface area contributed by atoms with E-state index < -0.39 is 11.6 Å². The first-order valence-corrected chi connectivity index (χ1v) is 3.96. The molecule has 0 saturated carbocycles. The summed E-state index contributed by atoms with van der Waals surface area (Å²) in [5.74, 6) is 0.743. The van der Waals surface area contributed by atoms with Crippen LogP contribution in [0.15, 0.2) is 12.1 Å². The Morgan fingerprint density at radius 1 is 1.36 bits per heavy atom. The predicted octanol–water partition coefficient (Wildman–Crippen LogP) is 1.95. The number of hydrogen-bond donors (Lipinski definition) is 1. The largest absolute Gasteiger partial charge is 0.489 e. The lowest BCUT2D eigenvalue weighted by atomic mass is 10.3. The van der Waals surface area contributed by atoms with Crippen LogP contribution in [0.4, 0.5) is 14.5 Å². The van der Waals surface area contributed by atoms with Gasteiger partial charge in [0.05, 0.1) is 12.3 Å². The summed E-state index contributed by atoms with van der Waals surface area (Å²) in [7, 11) is 0. The molecule has 0 amide bonds. The molecule has 74 valence electrons. The Kier molecular flexibility index (Phi) is 3.29. The van der Waals surface area contributed by atoms with Gasteiger partial charge in [-0.05, 0) is 0 Å². The molecule has 0 unspecified atom stereocenters. The van der Waals surface area contributed by atoms with Crippen molar-refractivity contribution < 1.29 is 13.5 Å². The first-order valence-electron chi connectivity index (χ1n) is 3.96. The van der Waals surface area contributed by atoms with Gasteiger partial charge < -0.3 is 10.5 Å². The van der Waals surface area contributed by atoms with Gasteiger partial charge in [-0.25, -0.2) is 8.78 Å². The molecule has 0 aliphatic carbocycles. The number of ether oxygens (including phenoxy) is 1. The Hall–Kier alpha value is -1.76. The zero-order valence-electron chi connectivity index (χ0n) is 7.39. The number of hydrogen-bond acceptors (Lipinski definition) is 2. The van der Waals surface area contributed by atoms with Crippen molar-refractivity contribution in [1.82, 2.24) is 0 Å². The highest BCUT2D eigenvalue weighted by molar-refractivity contribution is 5.44. The quantitative estimate of drug-likeness (QED) is 0.456. The summed E-state index contributed by atoms with van der Waals surface area (Å²) in [5, 5.41) is 0. The van der Waals surface area contributed by atoms with Crippen LogP contribution >= 0.6 is 0 Å². The first-order chi connectivity index (χ1) is 6.65. The van der Waals surface area contributed by atoms with Gasteiger partial charge in [0.2, 0.25) is 0 Å². The number of halogens is 2. The Morgan fingerprint density at radius 2 is 2.07 bits per heavy atom. The molecule has 4 heteroatoms. The van der Waals surface area contributed by atoms with Gasteiger partial charge in [0.15, 0.2) is 11.6 Å². The zero-order chi connectivity index (χ0) is 10.6. The lowest BCUT2D eigenvalue weighted by Gasteiger charge is -2.06. The number of nitrogens with two attached hydrogens (primary N) is 1. The lowest BCUT2D eigenvalue weighted by Crippen LogP contribution is -2.00. The molecule has 2 N–H and O–H groups in total. The van der Waals surface area contributed by atoms with Crippen molar-refractivity contribution in [2.24, 2.45) is 0 Å². The monoisotopic (exact) mass is 197 g/mol. The van der Waals surface area contributed by atoms with Crippen LogP contribution in [-0.2, 0) is 0 Å². The van der Waals surface area contributed by atoms with Gasteiger partial charge in [0.1, 0.15) is 5.82 Å². The number of terminal acetylenes is 1. The second-order valence-corrected chi connectivity index (χ2v) is 2.61. The lowest BCUT2D eigenvalue weighted by molar-refractivity contribution is 0.308. The van der Waals surface area contributed by atoms with Crippen molar-refractivity contribution in [2.75, 3.05) is 12.3 Å². The number of benzene rings is 1. The molecule has 0 atom stereocenters. The van der Waals surface area contributed by atoms with Gasteiger partial charge in [-0.3, -0.25) is 0 Å². The molecule has 0 radical (unpaired) electrons. The maximum atomic E-state index is 13.0. The Labute approximate surface area is 80.7 Å². The fraction of sp³-hybridized carbons (Fsp3) is 0.200. The third-order valence-corrected chi connectivity index (χ3v) is 1.56. The van der Waals surface area contributed by atoms with Crippen molar-refractivity contribution in [3.63, 3.8) is 0 Å². The number of nitrogen functional groups attached to an aromatic ring is 1. The highest BCUT2D eigenvalue weighted by atomic mass is 19.1. The maximum Gasteiger partial charge on any atom is 0.167 e. The van der Waals surface area contributed by atoms with Crippen LogP contribution in [0.5, 0.6) is 5.75 Å². The van der Waals surface area contributed by atoms with E-state index in [2.05, 4.69) is 5.92 Å². The molecule has 0 heterocycles. The molecule has 0 fully saturated rings. The molecule has 0 aliphatic rings. The minimum atomic E-state index is -0.706. The third-order valence-electron chi connectivity index (χ3n) is 1.56. The molecule has 0 saturated heterocycles. The van der Waals surface area contributed by atoms with Crippen LogP contribution in [0.3, 0.4) is 0 Å². The van der Waals surface area contributed by atoms with Crippen LogP contribution in [0.25, 0.3) is 0 Å². The molecule has 2 nitrogen and oxygen atoms in total. The minimum Gasteiger partial charge on any atom is -0.489 e. The highest BCUT2D eigenvalue weighted by Crippen LogP contribution is 2.22. The van der Waals surface area contributed by atoms with E-state index in [0.29, 0.717) is 6.42 Å². The Balaban J connectivity index is 2.78. The normalized spacial score (nSPS) is 9.50. The van der Waals surface area contributed by atoms with E-state index in [-0.39, 0.29) is 18.0 Å². The van der Waals surface area contributed by atoms with Gasteiger partial charge in [-0.1, -0.05) is 0 Å². The van der Waals surface area contributed by atoms with Gasteiger partial charge in [0, 0.05) is 18.6 Å². The van der Waals surface area contributed by atoms with Crippen LogP contribution < -0.4 is 10.5 Å².